The van der Waals surface area contributed by atoms with Crippen molar-refractivity contribution in [2.75, 3.05) is 6.54 Å². The summed E-state index contributed by atoms with van der Waals surface area (Å²) >= 11 is 1.46. The number of rotatable bonds is 7. The van der Waals surface area contributed by atoms with Gasteiger partial charge in [0.1, 0.15) is 0 Å². The van der Waals surface area contributed by atoms with Crippen LogP contribution in [0.3, 0.4) is 0 Å². The van der Waals surface area contributed by atoms with Crippen LogP contribution in [0.1, 0.15) is 41.7 Å². The monoisotopic (exact) mass is 283 g/mol. The number of aryl methyl sites for hydroxylation is 1. The van der Waals surface area contributed by atoms with Gasteiger partial charge in [-0.2, -0.15) is 0 Å². The largest absolute Gasteiger partial charge is 0.481 e. The molecule has 1 amide bonds. The number of nitrogens with one attached hydrogen (secondary N) is 1. The zero-order valence-electron chi connectivity index (χ0n) is 11.6. The molecular formula is C14H21NO3S. The second-order valence-electron chi connectivity index (χ2n) is 4.99. The van der Waals surface area contributed by atoms with Crippen LogP contribution < -0.4 is 5.32 Å². The number of carbonyl (C=O) groups is 2. The first-order chi connectivity index (χ1) is 8.93. The zero-order valence-corrected chi connectivity index (χ0v) is 12.4. The Kier molecular flexibility index (Phi) is 6.02. The predicted octanol–water partition coefficient (Wildman–Crippen LogP) is 2.79. The van der Waals surface area contributed by atoms with Crippen LogP contribution in [0, 0.1) is 11.8 Å². The lowest BCUT2D eigenvalue weighted by Gasteiger charge is -2.15. The van der Waals surface area contributed by atoms with Gasteiger partial charge in [-0.25, -0.2) is 0 Å². The standard InChI is InChI=1S/C14H21NO3S/c1-4-11-5-6-12(19-11)13(16)15-8-10(14(17)18)7-9(2)3/h5-6,9-10H,4,7-8H2,1-3H3,(H,15,16)(H,17,18). The van der Waals surface area contributed by atoms with E-state index in [1.54, 1.807) is 6.07 Å². The van der Waals surface area contributed by atoms with Crippen LogP contribution in [0.15, 0.2) is 12.1 Å². The molecule has 1 unspecified atom stereocenters. The minimum absolute atomic E-state index is 0.181. The average molecular weight is 283 g/mol. The number of carboxylic acids is 1. The van der Waals surface area contributed by atoms with Crippen molar-refractivity contribution in [2.24, 2.45) is 11.8 Å². The van der Waals surface area contributed by atoms with Gasteiger partial charge in [0.15, 0.2) is 0 Å². The van der Waals surface area contributed by atoms with Crippen molar-refractivity contribution in [1.82, 2.24) is 5.32 Å². The molecule has 1 atom stereocenters. The topological polar surface area (TPSA) is 66.4 Å². The summed E-state index contributed by atoms with van der Waals surface area (Å²) in [6.07, 6.45) is 1.48. The Morgan fingerprint density at radius 3 is 2.53 bits per heavy atom. The summed E-state index contributed by atoms with van der Waals surface area (Å²) in [5.41, 5.74) is 0. The first-order valence-corrected chi connectivity index (χ1v) is 7.35. The Labute approximate surface area is 117 Å². The first-order valence-electron chi connectivity index (χ1n) is 6.53. The molecule has 0 bridgehead atoms. The maximum atomic E-state index is 11.9. The molecule has 0 saturated heterocycles. The Morgan fingerprint density at radius 2 is 2.05 bits per heavy atom. The van der Waals surface area contributed by atoms with Gasteiger partial charge >= 0.3 is 5.97 Å². The highest BCUT2D eigenvalue weighted by Gasteiger charge is 2.20. The summed E-state index contributed by atoms with van der Waals surface area (Å²) in [4.78, 5) is 24.8. The summed E-state index contributed by atoms with van der Waals surface area (Å²) in [5.74, 6) is -1.25. The third-order valence-corrected chi connectivity index (χ3v) is 4.08. The van der Waals surface area contributed by atoms with E-state index in [2.05, 4.69) is 5.32 Å². The molecule has 0 aliphatic rings. The van der Waals surface area contributed by atoms with E-state index in [4.69, 9.17) is 5.11 Å². The number of thiophene rings is 1. The fraction of sp³-hybridized carbons (Fsp3) is 0.571. The molecule has 0 radical (unpaired) electrons. The summed E-state index contributed by atoms with van der Waals surface area (Å²) in [7, 11) is 0. The molecule has 0 fully saturated rings. The number of hydrogen-bond acceptors (Lipinski definition) is 3. The van der Waals surface area contributed by atoms with E-state index >= 15 is 0 Å². The van der Waals surface area contributed by atoms with Crippen molar-refractivity contribution in [1.29, 1.82) is 0 Å². The smallest absolute Gasteiger partial charge is 0.308 e. The molecule has 0 aliphatic heterocycles. The second kappa shape index (κ2) is 7.28. The normalized spacial score (nSPS) is 12.4. The molecule has 2 N–H and O–H groups in total. The summed E-state index contributed by atoms with van der Waals surface area (Å²) in [5, 5.41) is 11.8. The van der Waals surface area contributed by atoms with Crippen LogP contribution in [0.4, 0.5) is 0 Å². The Morgan fingerprint density at radius 1 is 1.37 bits per heavy atom. The Balaban J connectivity index is 2.54. The van der Waals surface area contributed by atoms with E-state index in [9.17, 15) is 9.59 Å². The number of amides is 1. The van der Waals surface area contributed by atoms with Crippen LogP contribution in [0.5, 0.6) is 0 Å². The van der Waals surface area contributed by atoms with Crippen molar-refractivity contribution >= 4 is 23.2 Å². The lowest BCUT2D eigenvalue weighted by atomic mass is 9.97. The predicted molar refractivity (Wildman–Crippen MR) is 76.6 cm³/mol. The maximum absolute atomic E-state index is 11.9. The van der Waals surface area contributed by atoms with E-state index < -0.39 is 11.9 Å². The number of hydrogen-bond donors (Lipinski definition) is 2. The molecule has 1 aromatic rings. The van der Waals surface area contributed by atoms with Crippen LogP contribution >= 0.6 is 11.3 Å². The third-order valence-electron chi connectivity index (χ3n) is 2.85. The molecule has 1 aromatic heterocycles. The molecule has 106 valence electrons. The Hall–Kier alpha value is -1.36. The molecule has 19 heavy (non-hydrogen) atoms. The lowest BCUT2D eigenvalue weighted by molar-refractivity contribution is -0.142. The van der Waals surface area contributed by atoms with E-state index in [-0.39, 0.29) is 12.5 Å². The minimum atomic E-state index is -0.852. The van der Waals surface area contributed by atoms with Crippen LogP contribution in [0.25, 0.3) is 0 Å². The molecule has 0 aliphatic carbocycles. The molecule has 0 aromatic carbocycles. The van der Waals surface area contributed by atoms with E-state index in [0.717, 1.165) is 11.3 Å². The molecule has 1 rings (SSSR count). The third kappa shape index (κ3) is 5.03. The highest BCUT2D eigenvalue weighted by molar-refractivity contribution is 7.14. The van der Waals surface area contributed by atoms with Crippen LogP contribution in [0.2, 0.25) is 0 Å². The van der Waals surface area contributed by atoms with Gasteiger partial charge < -0.3 is 10.4 Å². The molecule has 0 saturated carbocycles. The Bertz CT molecular complexity index is 440. The summed E-state index contributed by atoms with van der Waals surface area (Å²) in [6.45, 7) is 6.18. The quantitative estimate of drug-likeness (QED) is 0.808. The van der Waals surface area contributed by atoms with Crippen LogP contribution in [-0.2, 0) is 11.2 Å². The average Bonchev–Trinajstić information content (AvgIpc) is 2.82. The van der Waals surface area contributed by atoms with Crippen molar-refractivity contribution in [2.45, 2.75) is 33.6 Å². The van der Waals surface area contributed by atoms with Gasteiger partial charge in [0.2, 0.25) is 0 Å². The van der Waals surface area contributed by atoms with Gasteiger partial charge in [-0.3, -0.25) is 9.59 Å². The van der Waals surface area contributed by atoms with E-state index in [0.29, 0.717) is 17.2 Å². The number of carboxylic acid groups (broad SMARTS) is 1. The van der Waals surface area contributed by atoms with Gasteiger partial charge in [-0.1, -0.05) is 20.8 Å². The van der Waals surface area contributed by atoms with Crippen LogP contribution in [-0.4, -0.2) is 23.5 Å². The van der Waals surface area contributed by atoms with Gasteiger partial charge in [0.05, 0.1) is 10.8 Å². The summed E-state index contributed by atoms with van der Waals surface area (Å²) < 4.78 is 0. The zero-order chi connectivity index (χ0) is 14.4. The van der Waals surface area contributed by atoms with Gasteiger partial charge in [-0.05, 0) is 30.9 Å². The highest BCUT2D eigenvalue weighted by Crippen LogP contribution is 2.17. The van der Waals surface area contributed by atoms with Crippen molar-refractivity contribution in [3.8, 4) is 0 Å². The molecular weight excluding hydrogens is 262 g/mol. The fourth-order valence-electron chi connectivity index (χ4n) is 1.83. The van der Waals surface area contributed by atoms with Gasteiger partial charge in [0.25, 0.3) is 5.91 Å². The lowest BCUT2D eigenvalue weighted by Crippen LogP contribution is -2.33. The molecule has 5 heteroatoms. The number of carbonyl (C=O) groups excluding carboxylic acids is 1. The van der Waals surface area contributed by atoms with E-state index in [1.165, 1.54) is 11.3 Å². The fourth-order valence-corrected chi connectivity index (χ4v) is 2.70. The maximum Gasteiger partial charge on any atom is 0.308 e. The first kappa shape index (κ1) is 15.7. The molecule has 0 spiro atoms. The van der Waals surface area contributed by atoms with Crippen molar-refractivity contribution in [3.05, 3.63) is 21.9 Å². The number of aliphatic carboxylic acids is 1. The SMILES string of the molecule is CCc1ccc(C(=O)NCC(CC(C)C)C(=O)O)s1. The minimum Gasteiger partial charge on any atom is -0.481 e. The second-order valence-corrected chi connectivity index (χ2v) is 6.16. The van der Waals surface area contributed by atoms with Crippen molar-refractivity contribution in [3.63, 3.8) is 0 Å². The van der Waals surface area contributed by atoms with Crippen molar-refractivity contribution < 1.29 is 14.7 Å². The van der Waals surface area contributed by atoms with Gasteiger partial charge in [0, 0.05) is 11.4 Å². The highest BCUT2D eigenvalue weighted by atomic mass is 32.1. The van der Waals surface area contributed by atoms with Gasteiger partial charge in [-0.15, -0.1) is 11.3 Å². The van der Waals surface area contributed by atoms with E-state index in [1.807, 2.05) is 26.8 Å². The molecule has 4 nitrogen and oxygen atoms in total. The summed E-state index contributed by atoms with van der Waals surface area (Å²) in [6, 6.07) is 3.72. The molecule has 1 heterocycles.